The molecule has 3 fully saturated rings. The minimum Gasteiger partial charge on any atom is -0.508 e. The van der Waals surface area contributed by atoms with Crippen molar-refractivity contribution in [3.05, 3.63) is 70.4 Å². The number of esters is 1. The number of rotatable bonds is 14. The molecule has 0 spiro atoms. The Hall–Kier alpha value is -5.84. The zero-order valence-electron chi connectivity index (χ0n) is 36.1. The van der Waals surface area contributed by atoms with Gasteiger partial charge in [-0.1, -0.05) is 6.07 Å². The quantitative estimate of drug-likeness (QED) is 0.0501. The maximum absolute atomic E-state index is 14.4. The number of fused-ring (bicyclic) bond motifs is 1. The molecule has 68 heavy (non-hydrogen) atoms. The topological polar surface area (TPSA) is 373 Å². The second kappa shape index (κ2) is 20.8. The molecule has 0 bridgehead atoms. The molecule has 0 aliphatic carbocycles. The van der Waals surface area contributed by atoms with Crippen molar-refractivity contribution in [2.75, 3.05) is 27.4 Å². The number of ether oxygens (including phenoxy) is 9. The number of carbonyl (C=O) groups excluding carboxylic acids is 1. The van der Waals surface area contributed by atoms with Gasteiger partial charge in [-0.3, -0.25) is 4.79 Å². The molecule has 370 valence electrons. The first kappa shape index (κ1) is 50.0. The Balaban J connectivity index is 1.20. The van der Waals surface area contributed by atoms with Gasteiger partial charge in [0.1, 0.15) is 90.1 Å². The number of aromatic hydroxyl groups is 4. The highest BCUT2D eigenvalue weighted by Gasteiger charge is 2.53. The number of phenols is 4. The Bertz CT molecular complexity index is 2510. The van der Waals surface area contributed by atoms with Crippen LogP contribution in [-0.2, 0) is 33.2 Å². The summed E-state index contributed by atoms with van der Waals surface area (Å²) in [6.45, 7) is -0.130. The second-order valence-corrected chi connectivity index (χ2v) is 16.0. The summed E-state index contributed by atoms with van der Waals surface area (Å²) in [5.74, 6) is -3.94. The zero-order chi connectivity index (χ0) is 49.3. The molecule has 24 heteroatoms. The third-order valence-electron chi connectivity index (χ3n) is 11.4. The number of aliphatic hydroxyl groups excluding tert-OH is 8. The van der Waals surface area contributed by atoms with Gasteiger partial charge in [0.05, 0.1) is 26.9 Å². The molecule has 24 nitrogen and oxygen atoms in total. The van der Waals surface area contributed by atoms with Gasteiger partial charge in [0, 0.05) is 23.8 Å². The van der Waals surface area contributed by atoms with Crippen molar-refractivity contribution in [3.63, 3.8) is 0 Å². The molecular formula is C44H50O24. The third-order valence-corrected chi connectivity index (χ3v) is 11.4. The molecule has 4 heterocycles. The first-order valence-electron chi connectivity index (χ1n) is 20.8. The van der Waals surface area contributed by atoms with E-state index in [1.54, 1.807) is 0 Å². The molecule has 12 N–H and O–H groups in total. The van der Waals surface area contributed by atoms with E-state index in [0.29, 0.717) is 5.56 Å². The average molecular weight is 963 g/mol. The van der Waals surface area contributed by atoms with Gasteiger partial charge in [0.15, 0.2) is 47.4 Å². The summed E-state index contributed by atoms with van der Waals surface area (Å²) in [6, 6.07) is 9.76. The Morgan fingerprint density at radius 2 is 1.28 bits per heavy atom. The molecule has 0 saturated carbocycles. The van der Waals surface area contributed by atoms with Crippen LogP contribution in [0.5, 0.6) is 40.2 Å². The monoisotopic (exact) mass is 962 g/mol. The van der Waals surface area contributed by atoms with Crippen LogP contribution in [0, 0.1) is 0 Å². The van der Waals surface area contributed by atoms with E-state index < -0.39 is 145 Å². The van der Waals surface area contributed by atoms with E-state index in [2.05, 4.69) is 0 Å². The minimum atomic E-state index is -2.17. The Morgan fingerprint density at radius 1 is 0.662 bits per heavy atom. The van der Waals surface area contributed by atoms with Crippen molar-refractivity contribution in [1.82, 2.24) is 0 Å². The number of aliphatic hydroxyl groups is 8. The van der Waals surface area contributed by atoms with Crippen LogP contribution in [0.4, 0.5) is 0 Å². The maximum atomic E-state index is 14.4. The fourth-order valence-corrected chi connectivity index (χ4v) is 7.62. The summed E-state index contributed by atoms with van der Waals surface area (Å²) in [7, 11) is 2.56. The van der Waals surface area contributed by atoms with Crippen LogP contribution in [0.15, 0.2) is 63.8 Å². The van der Waals surface area contributed by atoms with Gasteiger partial charge < -0.3 is 108 Å². The third kappa shape index (κ3) is 10.3. The summed E-state index contributed by atoms with van der Waals surface area (Å²) in [6.07, 6.45) is -25.2. The fourth-order valence-electron chi connectivity index (χ4n) is 7.62. The van der Waals surface area contributed by atoms with Gasteiger partial charge in [0.2, 0.25) is 17.5 Å². The maximum Gasteiger partial charge on any atom is 0.330 e. The largest absolute Gasteiger partial charge is 0.508 e. The number of carbonyl (C=O) groups is 1. The van der Waals surface area contributed by atoms with Crippen LogP contribution in [0.1, 0.15) is 12.5 Å². The van der Waals surface area contributed by atoms with Gasteiger partial charge in [-0.05, 0) is 48.9 Å². The number of benzene rings is 3. The van der Waals surface area contributed by atoms with Crippen molar-refractivity contribution in [2.45, 2.75) is 99.0 Å². The summed E-state index contributed by atoms with van der Waals surface area (Å²) in [4.78, 5) is 27.1. The minimum absolute atomic E-state index is 0.0123. The van der Waals surface area contributed by atoms with E-state index >= 15 is 0 Å². The standard InChI is InChI=1S/C44H50O24/c1-16-30(50)34(54)37(57)42(63-16)62-15-27-32(52)36(56)41(68-43-38(58)35(55)31(51)26(65-43)14-61-28(49)9-5-17-4-7-20(46)23(10-17)59-2)44(66-27)67-40-33(53)29-22(48)12-19(45)13-25(29)64-39(40)18-6-8-21(47)24(11-18)60-3/h4-13,16,26-27,30-32,34-38,41-48,50-52,54-58H,14-15H2,1-3H3/b9-5+/t16-,26+,27+,30-,31+,32-,34+,35-,36-,37+,38+,41+,42+,43-,44-/m1/s1. The van der Waals surface area contributed by atoms with E-state index in [1.807, 2.05) is 0 Å². The number of hydrogen-bond acceptors (Lipinski definition) is 24. The Morgan fingerprint density at radius 3 is 1.99 bits per heavy atom. The summed E-state index contributed by atoms with van der Waals surface area (Å²) in [5, 5.41) is 128. The molecule has 3 aromatic carbocycles. The smallest absolute Gasteiger partial charge is 0.330 e. The van der Waals surface area contributed by atoms with Crippen LogP contribution in [0.2, 0.25) is 0 Å². The van der Waals surface area contributed by atoms with Gasteiger partial charge in [-0.25, -0.2) is 4.79 Å². The SMILES string of the molecule is COc1cc(/C=C/C(=O)OC[C@@H]2O[C@H](O[C@@H]3[C@@H](Oc4c(-c5ccc(O)c(OC)c5)oc5cc(O)cc(O)c5c4=O)O[C@@H](CO[C@H]4O[C@H](C)[C@@H](O)[C@H](O)[C@@H]4O)[C@@H](O)[C@H]3O)[C@@H](O)[C@H](O)[C@H]2O)ccc1O. The molecule has 3 saturated heterocycles. The highest BCUT2D eigenvalue weighted by atomic mass is 16.8. The molecule has 3 aliphatic rings. The number of phenolic OH excluding ortho intramolecular Hbond substituents is 4. The van der Waals surface area contributed by atoms with E-state index in [9.17, 15) is 70.9 Å². The average Bonchev–Trinajstić information content (AvgIpc) is 3.31. The number of hydrogen-bond donors (Lipinski definition) is 12. The van der Waals surface area contributed by atoms with Crippen molar-refractivity contribution in [3.8, 4) is 51.6 Å². The normalized spacial score (nSPS) is 32.0. The first-order chi connectivity index (χ1) is 32.3. The molecule has 3 aliphatic heterocycles. The molecule has 7 rings (SSSR count). The van der Waals surface area contributed by atoms with Crippen LogP contribution in [0.3, 0.4) is 0 Å². The lowest BCUT2D eigenvalue weighted by molar-refractivity contribution is -0.362. The molecule has 0 unspecified atom stereocenters. The van der Waals surface area contributed by atoms with Gasteiger partial charge in [-0.15, -0.1) is 0 Å². The summed E-state index contributed by atoms with van der Waals surface area (Å²) in [5.41, 5.74) is -1.06. The van der Waals surface area contributed by atoms with Crippen molar-refractivity contribution in [2.24, 2.45) is 0 Å². The lowest BCUT2D eigenvalue weighted by atomic mass is 9.97. The highest BCUT2D eigenvalue weighted by molar-refractivity contribution is 5.88. The Labute approximate surface area is 384 Å². The first-order valence-corrected chi connectivity index (χ1v) is 20.8. The zero-order valence-corrected chi connectivity index (χ0v) is 36.1. The van der Waals surface area contributed by atoms with Crippen molar-refractivity contribution >= 4 is 23.0 Å². The molecule has 0 radical (unpaired) electrons. The van der Waals surface area contributed by atoms with E-state index in [0.717, 1.165) is 18.2 Å². The van der Waals surface area contributed by atoms with Crippen LogP contribution in [-0.4, -0.2) is 187 Å². The predicted octanol–water partition coefficient (Wildman–Crippen LogP) is -1.58. The molecular weight excluding hydrogens is 912 g/mol. The highest BCUT2D eigenvalue weighted by Crippen LogP contribution is 2.41. The molecule has 15 atom stereocenters. The van der Waals surface area contributed by atoms with E-state index in [1.165, 1.54) is 63.6 Å². The van der Waals surface area contributed by atoms with Gasteiger partial charge in [-0.2, -0.15) is 0 Å². The second-order valence-electron chi connectivity index (χ2n) is 16.0. The van der Waals surface area contributed by atoms with Gasteiger partial charge in [0.25, 0.3) is 0 Å². The Kier molecular flexibility index (Phi) is 15.3. The predicted molar refractivity (Wildman–Crippen MR) is 225 cm³/mol. The lowest BCUT2D eigenvalue weighted by Crippen LogP contribution is -2.65. The summed E-state index contributed by atoms with van der Waals surface area (Å²) < 4.78 is 56.5. The number of methoxy groups -OCH3 is 2. The van der Waals surface area contributed by atoms with Crippen molar-refractivity contribution < 1.29 is 113 Å². The van der Waals surface area contributed by atoms with Crippen LogP contribution >= 0.6 is 0 Å². The van der Waals surface area contributed by atoms with E-state index in [-0.39, 0.29) is 34.1 Å². The molecule has 1 aromatic heterocycles. The fraction of sp³-hybridized carbons (Fsp3) is 0.455. The van der Waals surface area contributed by atoms with Gasteiger partial charge >= 0.3 is 5.97 Å². The van der Waals surface area contributed by atoms with Crippen molar-refractivity contribution in [1.29, 1.82) is 0 Å². The summed E-state index contributed by atoms with van der Waals surface area (Å²) >= 11 is 0. The van der Waals surface area contributed by atoms with Crippen LogP contribution in [0.25, 0.3) is 28.4 Å². The molecule has 4 aromatic rings. The lowest BCUT2D eigenvalue weighted by Gasteiger charge is -2.46. The van der Waals surface area contributed by atoms with E-state index in [4.69, 9.17) is 47.0 Å². The van der Waals surface area contributed by atoms with Crippen LogP contribution < -0.4 is 19.6 Å². The molecule has 0 amide bonds.